The molecule has 3 rings (SSSR count). The van der Waals surface area contributed by atoms with Crippen molar-refractivity contribution in [2.75, 3.05) is 5.32 Å². The van der Waals surface area contributed by atoms with E-state index in [2.05, 4.69) is 15.5 Å². The number of nitrogens with zero attached hydrogens (tertiary/aromatic N) is 5. The Morgan fingerprint density at radius 1 is 1.25 bits per heavy atom. The molecular weight excluding hydrogens is 407 g/mol. The van der Waals surface area contributed by atoms with E-state index in [0.29, 0.717) is 22.3 Å². The number of halogens is 2. The van der Waals surface area contributed by atoms with E-state index in [-0.39, 0.29) is 30.5 Å². The van der Waals surface area contributed by atoms with Gasteiger partial charge >= 0.3 is 5.82 Å². The van der Waals surface area contributed by atoms with E-state index in [9.17, 15) is 14.9 Å². The highest BCUT2D eigenvalue weighted by molar-refractivity contribution is 6.33. The fourth-order valence-electron chi connectivity index (χ4n) is 2.55. The maximum absolute atomic E-state index is 12.2. The smallest absolute Gasteiger partial charge is 0.358 e. The third kappa shape index (κ3) is 4.87. The lowest BCUT2D eigenvalue weighted by molar-refractivity contribution is -0.389. The van der Waals surface area contributed by atoms with Crippen LogP contribution in [-0.4, -0.2) is 30.4 Å². The molecule has 1 aromatic carbocycles. The second-order valence-corrected chi connectivity index (χ2v) is 6.92. The topological polar surface area (TPSA) is 108 Å². The second kappa shape index (κ2) is 8.41. The molecule has 0 bridgehead atoms. The van der Waals surface area contributed by atoms with Crippen molar-refractivity contribution in [3.63, 3.8) is 0 Å². The number of carbonyl (C=O) groups is 1. The number of carbonyl (C=O) groups excluding carboxylic acids is 1. The zero-order valence-corrected chi connectivity index (χ0v) is 16.3. The number of aryl methyl sites for hydroxylation is 2. The molecule has 11 heteroatoms. The molecule has 0 atom stereocenters. The van der Waals surface area contributed by atoms with Crippen molar-refractivity contribution in [2.24, 2.45) is 0 Å². The zero-order chi connectivity index (χ0) is 20.3. The number of hydrogen-bond acceptors (Lipinski definition) is 5. The van der Waals surface area contributed by atoms with Crippen molar-refractivity contribution in [3.8, 4) is 0 Å². The molecule has 1 amide bonds. The first-order valence-corrected chi connectivity index (χ1v) is 9.03. The lowest BCUT2D eigenvalue weighted by atomic mass is 10.2. The number of anilines is 1. The summed E-state index contributed by atoms with van der Waals surface area (Å²) in [5.74, 6) is -0.318. The largest absolute Gasteiger partial charge is 0.390 e. The minimum Gasteiger partial charge on any atom is -0.358 e. The van der Waals surface area contributed by atoms with Gasteiger partial charge in [-0.15, -0.1) is 0 Å². The van der Waals surface area contributed by atoms with Gasteiger partial charge in [0.15, 0.2) is 5.82 Å². The predicted octanol–water partition coefficient (Wildman–Crippen LogP) is 3.68. The summed E-state index contributed by atoms with van der Waals surface area (Å²) in [7, 11) is 0. The summed E-state index contributed by atoms with van der Waals surface area (Å²) in [6.07, 6.45) is 1.69. The first kappa shape index (κ1) is 19.8. The van der Waals surface area contributed by atoms with Gasteiger partial charge in [-0.1, -0.05) is 35.3 Å². The molecule has 0 aliphatic carbocycles. The third-order valence-corrected chi connectivity index (χ3v) is 4.47. The minimum atomic E-state index is -0.573. The summed E-state index contributed by atoms with van der Waals surface area (Å²) in [6, 6.07) is 8.68. The first-order chi connectivity index (χ1) is 13.3. The monoisotopic (exact) mass is 422 g/mol. The van der Waals surface area contributed by atoms with Crippen LogP contribution in [0.15, 0.2) is 36.5 Å². The Hall–Kier alpha value is -2.91. The third-order valence-electron chi connectivity index (χ3n) is 3.94. The number of rotatable bonds is 7. The van der Waals surface area contributed by atoms with E-state index in [1.54, 1.807) is 29.9 Å². The van der Waals surface area contributed by atoms with Gasteiger partial charge in [-0.3, -0.25) is 9.48 Å². The van der Waals surface area contributed by atoms with Crippen LogP contribution in [0.4, 0.5) is 11.6 Å². The molecule has 2 aromatic heterocycles. The Kier molecular flexibility index (Phi) is 5.96. The van der Waals surface area contributed by atoms with Crippen molar-refractivity contribution in [1.29, 1.82) is 0 Å². The highest BCUT2D eigenvalue weighted by Crippen LogP contribution is 2.21. The van der Waals surface area contributed by atoms with Gasteiger partial charge in [0, 0.05) is 17.6 Å². The molecular formula is C17H16Cl2N6O3. The van der Waals surface area contributed by atoms with Crippen LogP contribution >= 0.6 is 23.2 Å². The van der Waals surface area contributed by atoms with Gasteiger partial charge in [-0.2, -0.15) is 9.78 Å². The summed E-state index contributed by atoms with van der Waals surface area (Å²) in [5, 5.41) is 22.5. The molecule has 0 aliphatic rings. The number of benzene rings is 1. The molecule has 28 heavy (non-hydrogen) atoms. The number of nitro groups is 1. The number of amides is 1. The summed E-state index contributed by atoms with van der Waals surface area (Å²) in [5.41, 5.74) is 1.59. The van der Waals surface area contributed by atoms with E-state index in [0.717, 1.165) is 5.56 Å². The molecule has 0 aliphatic heterocycles. The normalized spacial score (nSPS) is 10.8. The van der Waals surface area contributed by atoms with Crippen molar-refractivity contribution in [1.82, 2.24) is 19.6 Å². The average Bonchev–Trinajstić information content (AvgIpc) is 3.18. The predicted molar refractivity (Wildman–Crippen MR) is 105 cm³/mol. The summed E-state index contributed by atoms with van der Waals surface area (Å²) < 4.78 is 3.03. The summed E-state index contributed by atoms with van der Waals surface area (Å²) >= 11 is 12.0. The van der Waals surface area contributed by atoms with Crippen molar-refractivity contribution in [3.05, 3.63) is 67.9 Å². The fraction of sp³-hybridized carbons (Fsp3) is 0.235. The Morgan fingerprint density at radius 3 is 2.61 bits per heavy atom. The van der Waals surface area contributed by atoms with Crippen LogP contribution in [0.1, 0.15) is 17.7 Å². The maximum Gasteiger partial charge on any atom is 0.390 e. The van der Waals surface area contributed by atoms with Crippen molar-refractivity contribution < 1.29 is 9.72 Å². The quantitative estimate of drug-likeness (QED) is 0.461. The van der Waals surface area contributed by atoms with Gasteiger partial charge in [0.1, 0.15) is 5.02 Å². The summed E-state index contributed by atoms with van der Waals surface area (Å²) in [6.45, 7) is 2.37. The molecule has 0 unspecified atom stereocenters. The molecule has 0 fully saturated rings. The average molecular weight is 423 g/mol. The fourth-order valence-corrected chi connectivity index (χ4v) is 2.87. The molecule has 146 valence electrons. The zero-order valence-electron chi connectivity index (χ0n) is 14.8. The van der Waals surface area contributed by atoms with Gasteiger partial charge in [0.2, 0.25) is 5.91 Å². The van der Waals surface area contributed by atoms with Gasteiger partial charge in [0.25, 0.3) is 0 Å². The van der Waals surface area contributed by atoms with E-state index >= 15 is 0 Å². The minimum absolute atomic E-state index is 0.0695. The van der Waals surface area contributed by atoms with Gasteiger partial charge in [0.05, 0.1) is 29.9 Å². The number of aromatic nitrogens is 4. The highest BCUT2D eigenvalue weighted by Gasteiger charge is 2.17. The number of nitrogens with one attached hydrogen (secondary N) is 1. The van der Waals surface area contributed by atoms with E-state index < -0.39 is 4.92 Å². The molecule has 0 radical (unpaired) electrons. The van der Waals surface area contributed by atoms with Crippen LogP contribution in [0, 0.1) is 17.0 Å². The van der Waals surface area contributed by atoms with E-state index in [1.807, 2.05) is 12.1 Å². The SMILES string of the molecule is Cc1cc([N+](=O)[O-])nn1CCC(=O)Nc1nn(Cc2ccc(Cl)cc2)cc1Cl. The van der Waals surface area contributed by atoms with E-state index in [4.69, 9.17) is 23.2 Å². The van der Waals surface area contributed by atoms with Gasteiger partial charge < -0.3 is 15.4 Å². The Bertz CT molecular complexity index is 1010. The van der Waals surface area contributed by atoms with Gasteiger partial charge in [-0.05, 0) is 29.5 Å². The molecule has 0 saturated carbocycles. The first-order valence-electron chi connectivity index (χ1n) is 8.28. The number of hydrogen-bond donors (Lipinski definition) is 1. The molecule has 0 saturated heterocycles. The molecule has 2 heterocycles. The molecule has 0 spiro atoms. The van der Waals surface area contributed by atoms with Crippen LogP contribution in [-0.2, 0) is 17.9 Å². The van der Waals surface area contributed by atoms with Crippen molar-refractivity contribution in [2.45, 2.75) is 26.4 Å². The standard InChI is InChI=1S/C17H16Cl2N6O3/c1-11-8-15(25(27)28)21-24(11)7-6-16(26)20-17-14(19)10-23(22-17)9-12-2-4-13(18)5-3-12/h2-5,8,10H,6-7,9H2,1H3,(H,20,22,26). The van der Waals surface area contributed by atoms with Crippen LogP contribution < -0.4 is 5.32 Å². The molecule has 1 N–H and O–H groups in total. The lowest BCUT2D eigenvalue weighted by Crippen LogP contribution is -2.16. The molecule has 9 nitrogen and oxygen atoms in total. The summed E-state index contributed by atoms with van der Waals surface area (Å²) in [4.78, 5) is 22.4. The van der Waals surface area contributed by atoms with Gasteiger partial charge in [-0.25, -0.2) is 0 Å². The van der Waals surface area contributed by atoms with Crippen molar-refractivity contribution >= 4 is 40.7 Å². The molecule has 3 aromatic rings. The van der Waals surface area contributed by atoms with Crippen LogP contribution in [0.25, 0.3) is 0 Å². The Balaban J connectivity index is 1.59. The van der Waals surface area contributed by atoms with Crippen LogP contribution in [0.2, 0.25) is 10.0 Å². The Labute approximate surface area is 170 Å². The Morgan fingerprint density at radius 2 is 1.96 bits per heavy atom. The van der Waals surface area contributed by atoms with Crippen LogP contribution in [0.3, 0.4) is 0 Å². The van der Waals surface area contributed by atoms with E-state index in [1.165, 1.54) is 10.7 Å². The lowest BCUT2D eigenvalue weighted by Gasteiger charge is -2.03. The second-order valence-electron chi connectivity index (χ2n) is 6.07. The van der Waals surface area contributed by atoms with Crippen LogP contribution in [0.5, 0.6) is 0 Å². The highest BCUT2D eigenvalue weighted by atomic mass is 35.5. The maximum atomic E-state index is 12.2.